The highest BCUT2D eigenvalue weighted by Crippen LogP contribution is 2.30. The molecule has 0 aromatic carbocycles. The Labute approximate surface area is 90.1 Å². The fourth-order valence-corrected chi connectivity index (χ4v) is 2.87. The Hall–Kier alpha value is -0.870. The Bertz CT molecular complexity index is 351. The maximum absolute atomic E-state index is 4.48. The lowest BCUT2D eigenvalue weighted by atomic mass is 9.92. The van der Waals surface area contributed by atoms with Gasteiger partial charge in [-0.1, -0.05) is 0 Å². The lowest BCUT2D eigenvalue weighted by molar-refractivity contribution is 0.354. The number of fused-ring (bicyclic) bond motifs is 1. The molecule has 1 aromatic heterocycles. The molecular formula is C11H18N4. The van der Waals surface area contributed by atoms with Gasteiger partial charge in [-0.25, -0.2) is 4.98 Å². The molecule has 0 saturated carbocycles. The Kier molecular flexibility index (Phi) is 2.25. The Morgan fingerprint density at radius 1 is 1.47 bits per heavy atom. The highest BCUT2D eigenvalue weighted by molar-refractivity contribution is 5.22. The van der Waals surface area contributed by atoms with Gasteiger partial charge in [-0.15, -0.1) is 0 Å². The molecule has 0 radical (unpaired) electrons. The van der Waals surface area contributed by atoms with Crippen LogP contribution in [0.3, 0.4) is 0 Å². The molecule has 4 heteroatoms. The minimum Gasteiger partial charge on any atom is -0.336 e. The average Bonchev–Trinajstić information content (AvgIpc) is 2.88. The van der Waals surface area contributed by atoms with Crippen molar-refractivity contribution in [1.29, 1.82) is 0 Å². The topological polar surface area (TPSA) is 41.9 Å². The molecule has 15 heavy (non-hydrogen) atoms. The second-order valence-electron chi connectivity index (χ2n) is 4.62. The van der Waals surface area contributed by atoms with E-state index in [0.29, 0.717) is 6.04 Å². The van der Waals surface area contributed by atoms with Crippen LogP contribution in [0, 0.1) is 5.92 Å². The molecule has 4 nitrogen and oxygen atoms in total. The van der Waals surface area contributed by atoms with Crippen molar-refractivity contribution in [3.8, 4) is 0 Å². The monoisotopic (exact) mass is 206 g/mol. The Balaban J connectivity index is 1.93. The molecule has 2 aliphatic rings. The first kappa shape index (κ1) is 9.36. The first-order valence-electron chi connectivity index (χ1n) is 5.80. The van der Waals surface area contributed by atoms with Gasteiger partial charge in [0.15, 0.2) is 0 Å². The van der Waals surface area contributed by atoms with E-state index in [0.717, 1.165) is 32.0 Å². The quantitative estimate of drug-likeness (QED) is 0.690. The predicted octanol–water partition coefficient (Wildman–Crippen LogP) is 0.216. The zero-order valence-corrected chi connectivity index (χ0v) is 9.16. The molecule has 1 saturated heterocycles. The van der Waals surface area contributed by atoms with Crippen molar-refractivity contribution in [3.63, 3.8) is 0 Å². The number of aryl methyl sites for hydroxylation is 1. The van der Waals surface area contributed by atoms with Gasteiger partial charge in [0.1, 0.15) is 0 Å². The van der Waals surface area contributed by atoms with Crippen LogP contribution >= 0.6 is 0 Å². The van der Waals surface area contributed by atoms with E-state index in [9.17, 15) is 0 Å². The summed E-state index contributed by atoms with van der Waals surface area (Å²) in [6.07, 6.45) is 4.31. The van der Waals surface area contributed by atoms with Gasteiger partial charge in [-0.05, 0) is 25.4 Å². The Morgan fingerprint density at radius 3 is 3.20 bits per heavy atom. The van der Waals surface area contributed by atoms with Gasteiger partial charge in [0, 0.05) is 20.0 Å². The van der Waals surface area contributed by atoms with Crippen molar-refractivity contribution in [2.24, 2.45) is 13.0 Å². The second-order valence-corrected chi connectivity index (χ2v) is 4.62. The summed E-state index contributed by atoms with van der Waals surface area (Å²) in [5.41, 5.74) is 2.71. The minimum absolute atomic E-state index is 0.510. The van der Waals surface area contributed by atoms with Crippen LogP contribution in [0.5, 0.6) is 0 Å². The lowest BCUT2D eigenvalue weighted by Crippen LogP contribution is -2.36. The Morgan fingerprint density at radius 2 is 2.40 bits per heavy atom. The van der Waals surface area contributed by atoms with Crippen LogP contribution in [0.25, 0.3) is 0 Å². The normalized spacial score (nSPS) is 30.5. The van der Waals surface area contributed by atoms with E-state index in [1.165, 1.54) is 17.8 Å². The van der Waals surface area contributed by atoms with Crippen molar-refractivity contribution in [3.05, 3.63) is 17.7 Å². The van der Waals surface area contributed by atoms with E-state index in [2.05, 4.69) is 27.2 Å². The zero-order valence-electron chi connectivity index (χ0n) is 9.16. The van der Waals surface area contributed by atoms with E-state index >= 15 is 0 Å². The second kappa shape index (κ2) is 3.61. The smallest absolute Gasteiger partial charge is 0.0949 e. The highest BCUT2D eigenvalue weighted by Gasteiger charge is 2.32. The maximum Gasteiger partial charge on any atom is 0.0949 e. The zero-order chi connectivity index (χ0) is 10.3. The van der Waals surface area contributed by atoms with E-state index in [1.807, 2.05) is 6.33 Å². The van der Waals surface area contributed by atoms with E-state index in [-0.39, 0.29) is 0 Å². The molecule has 3 heterocycles. The molecule has 2 N–H and O–H groups in total. The van der Waals surface area contributed by atoms with Crippen LogP contribution in [0.4, 0.5) is 0 Å². The molecule has 0 bridgehead atoms. The standard InChI is InChI=1S/C11H18N4/c1-15-7-14-9-3-5-13-10(11(9)15)8-2-4-12-6-8/h7-8,10,12-13H,2-6H2,1H3. The van der Waals surface area contributed by atoms with Gasteiger partial charge in [0.25, 0.3) is 0 Å². The SMILES string of the molecule is Cn1cnc2c1C(C1CCNC1)NCC2. The van der Waals surface area contributed by atoms with Gasteiger partial charge < -0.3 is 15.2 Å². The van der Waals surface area contributed by atoms with Gasteiger partial charge in [0.2, 0.25) is 0 Å². The summed E-state index contributed by atoms with van der Waals surface area (Å²) in [5, 5.41) is 7.09. The molecule has 82 valence electrons. The summed E-state index contributed by atoms with van der Waals surface area (Å²) < 4.78 is 2.18. The predicted molar refractivity (Wildman–Crippen MR) is 58.6 cm³/mol. The fourth-order valence-electron chi connectivity index (χ4n) is 2.87. The summed E-state index contributed by atoms with van der Waals surface area (Å²) in [4.78, 5) is 4.48. The molecule has 2 aliphatic heterocycles. The first-order chi connectivity index (χ1) is 7.36. The van der Waals surface area contributed by atoms with Crippen LogP contribution in [0.2, 0.25) is 0 Å². The molecule has 2 unspecified atom stereocenters. The van der Waals surface area contributed by atoms with Gasteiger partial charge >= 0.3 is 0 Å². The van der Waals surface area contributed by atoms with Crippen LogP contribution in [0.15, 0.2) is 6.33 Å². The van der Waals surface area contributed by atoms with Crippen LogP contribution < -0.4 is 10.6 Å². The minimum atomic E-state index is 0.510. The number of nitrogens with zero attached hydrogens (tertiary/aromatic N) is 2. The highest BCUT2D eigenvalue weighted by atomic mass is 15.1. The number of hydrogen-bond donors (Lipinski definition) is 2. The van der Waals surface area contributed by atoms with E-state index in [1.54, 1.807) is 0 Å². The van der Waals surface area contributed by atoms with Gasteiger partial charge in [0.05, 0.1) is 23.8 Å². The maximum atomic E-state index is 4.48. The molecule has 0 spiro atoms. The third-order valence-corrected chi connectivity index (χ3v) is 3.65. The largest absolute Gasteiger partial charge is 0.336 e. The molecule has 0 aliphatic carbocycles. The van der Waals surface area contributed by atoms with Gasteiger partial charge in [-0.2, -0.15) is 0 Å². The summed E-state index contributed by atoms with van der Waals surface area (Å²) in [7, 11) is 2.11. The molecule has 2 atom stereocenters. The molecule has 3 rings (SSSR count). The van der Waals surface area contributed by atoms with Crippen molar-refractivity contribution in [2.45, 2.75) is 18.9 Å². The molecule has 1 aromatic rings. The van der Waals surface area contributed by atoms with Crippen molar-refractivity contribution < 1.29 is 0 Å². The number of rotatable bonds is 1. The van der Waals surface area contributed by atoms with E-state index in [4.69, 9.17) is 0 Å². The van der Waals surface area contributed by atoms with Crippen LogP contribution in [-0.4, -0.2) is 29.2 Å². The molecule has 0 amide bonds. The van der Waals surface area contributed by atoms with Crippen LogP contribution in [0.1, 0.15) is 23.9 Å². The fraction of sp³-hybridized carbons (Fsp3) is 0.727. The summed E-state index contributed by atoms with van der Waals surface area (Å²) in [5.74, 6) is 0.736. The number of aromatic nitrogens is 2. The third kappa shape index (κ3) is 1.48. The van der Waals surface area contributed by atoms with Gasteiger partial charge in [-0.3, -0.25) is 0 Å². The number of nitrogens with one attached hydrogen (secondary N) is 2. The first-order valence-corrected chi connectivity index (χ1v) is 5.80. The van der Waals surface area contributed by atoms with Crippen molar-refractivity contribution >= 4 is 0 Å². The molecular weight excluding hydrogens is 188 g/mol. The summed E-state index contributed by atoms with van der Waals surface area (Å²) >= 11 is 0. The lowest BCUT2D eigenvalue weighted by Gasteiger charge is -2.29. The van der Waals surface area contributed by atoms with Crippen molar-refractivity contribution in [2.75, 3.05) is 19.6 Å². The number of imidazole rings is 1. The molecule has 1 fully saturated rings. The summed E-state index contributed by atoms with van der Waals surface area (Å²) in [6.45, 7) is 3.38. The van der Waals surface area contributed by atoms with Crippen molar-refractivity contribution in [1.82, 2.24) is 20.2 Å². The van der Waals surface area contributed by atoms with Crippen LogP contribution in [-0.2, 0) is 13.5 Å². The van der Waals surface area contributed by atoms with E-state index < -0.39 is 0 Å². The summed E-state index contributed by atoms with van der Waals surface area (Å²) in [6, 6.07) is 0.510. The average molecular weight is 206 g/mol. The number of hydrogen-bond acceptors (Lipinski definition) is 3. The third-order valence-electron chi connectivity index (χ3n) is 3.65.